The van der Waals surface area contributed by atoms with E-state index in [9.17, 15) is 0 Å². The molecule has 5 heterocycles. The number of hydrogen-bond acceptors (Lipinski definition) is 5. The van der Waals surface area contributed by atoms with Crippen molar-refractivity contribution in [2.45, 2.75) is 86.4 Å². The van der Waals surface area contributed by atoms with E-state index in [4.69, 9.17) is 24.4 Å². The van der Waals surface area contributed by atoms with Gasteiger partial charge in [0, 0.05) is 54.1 Å². The molecule has 373 valence electrons. The summed E-state index contributed by atoms with van der Waals surface area (Å²) in [5.41, 5.74) is 17.8. The summed E-state index contributed by atoms with van der Waals surface area (Å²) in [5, 5.41) is 3.42. The van der Waals surface area contributed by atoms with Gasteiger partial charge in [0.05, 0.1) is 47.6 Å². The molecule has 0 fully saturated rings. The van der Waals surface area contributed by atoms with Gasteiger partial charge in [-0.1, -0.05) is 174 Å². The average Bonchev–Trinajstić information content (AvgIpc) is 3.97. The Balaban J connectivity index is 0.000000258. The second-order valence-corrected chi connectivity index (χ2v) is 26.5. The molecule has 0 aliphatic rings. The summed E-state index contributed by atoms with van der Waals surface area (Å²) in [6.45, 7) is 22.7. The first-order valence-electron chi connectivity index (χ1n) is 25.6. The van der Waals surface area contributed by atoms with Crippen LogP contribution < -0.4 is 5.19 Å². The fourth-order valence-corrected chi connectivity index (χ4v) is 11.5. The van der Waals surface area contributed by atoms with Gasteiger partial charge >= 0.3 is 0 Å². The zero-order valence-electron chi connectivity index (χ0n) is 44.1. The van der Waals surface area contributed by atoms with Crippen molar-refractivity contribution in [3.63, 3.8) is 0 Å². The average molecular weight is 1160 g/mol. The molecule has 0 N–H and O–H groups in total. The maximum atomic E-state index is 6.72. The molecular formula is C66H63IrN5OSi-2. The number of benzene rings is 6. The maximum Gasteiger partial charge on any atom is 0.216 e. The molecule has 0 saturated carbocycles. The third-order valence-corrected chi connectivity index (χ3v) is 16.0. The molecule has 8 heteroatoms. The van der Waals surface area contributed by atoms with Gasteiger partial charge < -0.3 is 14.0 Å². The smallest absolute Gasteiger partial charge is 0.216 e. The summed E-state index contributed by atoms with van der Waals surface area (Å²) < 4.78 is 9.02. The van der Waals surface area contributed by atoms with Gasteiger partial charge in [0.2, 0.25) is 5.71 Å². The summed E-state index contributed by atoms with van der Waals surface area (Å²) in [4.78, 5) is 20.1. The normalized spacial score (nSPS) is 12.1. The maximum absolute atomic E-state index is 6.72. The van der Waals surface area contributed by atoms with Crippen LogP contribution in [0.5, 0.6) is 0 Å². The monoisotopic (exact) mass is 1160 g/mol. The van der Waals surface area contributed by atoms with E-state index in [1.54, 1.807) is 0 Å². The van der Waals surface area contributed by atoms with Gasteiger partial charge in [-0.3, -0.25) is 9.97 Å². The van der Waals surface area contributed by atoms with Crippen LogP contribution in [0.4, 0.5) is 0 Å². The summed E-state index contributed by atoms with van der Waals surface area (Å²) in [6.07, 6.45) is 4.50. The van der Waals surface area contributed by atoms with Crippen LogP contribution in [0.1, 0.15) is 63.6 Å². The largest absolute Gasteiger partial charge is 0.486 e. The number of nitrogens with zero attached hydrogens (tertiary/aromatic N) is 5. The number of hydrogen-bond donors (Lipinski definition) is 0. The number of pyridine rings is 3. The predicted molar refractivity (Wildman–Crippen MR) is 307 cm³/mol. The number of aryl methyl sites for hydroxylation is 2. The molecule has 11 rings (SSSR count). The predicted octanol–water partition coefficient (Wildman–Crippen LogP) is 16.8. The van der Waals surface area contributed by atoms with E-state index < -0.39 is 8.07 Å². The Morgan fingerprint density at radius 1 is 0.662 bits per heavy atom. The topological polar surface area (TPSA) is 69.6 Å². The quantitative estimate of drug-likeness (QED) is 0.101. The second kappa shape index (κ2) is 21.4. The molecule has 0 saturated heterocycles. The van der Waals surface area contributed by atoms with Crippen molar-refractivity contribution >= 4 is 46.4 Å². The Labute approximate surface area is 451 Å². The SMILES string of the molecule is CCC(C)Cc1cc(-c2[c-]cccc2)ncc1[Si](C)(C)C.Cc1cc2nc(-c3[c-]ccc4c3oc3nc(-c5ccccc5)ccc34)n(-c3c(-c4ccccc4)cc(C(C)(C)C)cc3-c3ccccc3)c2c(C)n1.[Ir]. The second-order valence-electron chi connectivity index (χ2n) is 21.5. The first-order chi connectivity index (χ1) is 35.2. The summed E-state index contributed by atoms with van der Waals surface area (Å²) in [5.74, 6) is 1.45. The van der Waals surface area contributed by atoms with Crippen LogP contribution in [0, 0.1) is 31.9 Å². The third-order valence-electron chi connectivity index (χ3n) is 13.9. The van der Waals surface area contributed by atoms with Gasteiger partial charge in [-0.25, -0.2) is 4.98 Å². The molecule has 1 atom stereocenters. The first kappa shape index (κ1) is 51.8. The van der Waals surface area contributed by atoms with Gasteiger partial charge in [0.1, 0.15) is 0 Å². The molecule has 0 aliphatic carbocycles. The molecule has 5 aromatic heterocycles. The minimum absolute atomic E-state index is 0. The molecule has 0 bridgehead atoms. The Morgan fingerprint density at radius 2 is 1.30 bits per heavy atom. The Morgan fingerprint density at radius 3 is 1.89 bits per heavy atom. The van der Waals surface area contributed by atoms with E-state index in [0.717, 1.165) is 107 Å². The molecular weight excluding hydrogens is 1100 g/mol. The number of rotatable bonds is 10. The van der Waals surface area contributed by atoms with Crippen LogP contribution in [0.15, 0.2) is 174 Å². The minimum atomic E-state index is -1.35. The van der Waals surface area contributed by atoms with Crippen molar-refractivity contribution in [1.82, 2.24) is 24.5 Å². The number of imidazole rings is 1. The molecule has 0 aliphatic heterocycles. The van der Waals surface area contributed by atoms with Crippen molar-refractivity contribution in [1.29, 1.82) is 0 Å². The van der Waals surface area contributed by atoms with Crippen LogP contribution >= 0.6 is 0 Å². The van der Waals surface area contributed by atoms with Crippen molar-refractivity contribution in [3.05, 3.63) is 205 Å². The summed E-state index contributed by atoms with van der Waals surface area (Å²) in [7, 11) is -1.35. The van der Waals surface area contributed by atoms with E-state index in [-0.39, 0.29) is 25.5 Å². The molecule has 1 unspecified atom stereocenters. The van der Waals surface area contributed by atoms with E-state index in [1.807, 2.05) is 49.4 Å². The molecule has 1 radical (unpaired) electrons. The zero-order valence-corrected chi connectivity index (χ0v) is 47.5. The third kappa shape index (κ3) is 10.5. The van der Waals surface area contributed by atoms with Crippen LogP contribution in [0.3, 0.4) is 0 Å². The fourth-order valence-electron chi connectivity index (χ4n) is 9.92. The van der Waals surface area contributed by atoms with Crippen LogP contribution in [0.25, 0.3) is 94.9 Å². The molecule has 0 spiro atoms. The molecule has 6 nitrogen and oxygen atoms in total. The van der Waals surface area contributed by atoms with Crippen molar-refractivity contribution < 1.29 is 24.5 Å². The first-order valence-corrected chi connectivity index (χ1v) is 29.1. The summed E-state index contributed by atoms with van der Waals surface area (Å²) in [6, 6.07) is 63.7. The minimum Gasteiger partial charge on any atom is -0.486 e. The van der Waals surface area contributed by atoms with Gasteiger partial charge in [0.25, 0.3) is 0 Å². The van der Waals surface area contributed by atoms with Crippen LogP contribution in [0.2, 0.25) is 19.6 Å². The zero-order chi connectivity index (χ0) is 51.0. The van der Waals surface area contributed by atoms with E-state index in [0.29, 0.717) is 11.3 Å². The van der Waals surface area contributed by atoms with Crippen molar-refractivity contribution in [2.24, 2.45) is 5.92 Å². The number of fused-ring (bicyclic) bond motifs is 4. The Bertz CT molecular complexity index is 3680. The van der Waals surface area contributed by atoms with Gasteiger partial charge in [-0.2, -0.15) is 0 Å². The standard InChI is InChI=1S/C47H37N4O.C19H26NSi.Ir/c1-29-26-41-42(30(2)48-29)51(43-38(31-16-9-6-10-17-31)27-34(47(3,4)5)28-39(43)32-18-11-7-12-19-32)45(49-41)37-23-15-22-35-36-24-25-40(33-20-13-8-14-21-33)50-46(36)52-44(35)37;1-6-15(2)12-17-13-18(16-10-8-7-9-11-16)20-14-19(17)21(3,4)5;/h6-22,24-28H,1-5H3;7-10,13-15H,6,12H2,1-5H3;/q2*-1;. The summed E-state index contributed by atoms with van der Waals surface area (Å²) >= 11 is 0. The van der Waals surface area contributed by atoms with E-state index in [1.165, 1.54) is 22.7 Å². The Hall–Kier alpha value is -7.09. The van der Waals surface area contributed by atoms with E-state index >= 15 is 0 Å². The number of furan rings is 1. The van der Waals surface area contributed by atoms with E-state index in [2.05, 4.69) is 205 Å². The number of aromatic nitrogens is 5. The molecule has 74 heavy (non-hydrogen) atoms. The fraction of sp³-hybridized carbons (Fsp3) is 0.212. The van der Waals surface area contributed by atoms with Gasteiger partial charge in [0.15, 0.2) is 0 Å². The molecule has 0 amide bonds. The van der Waals surface area contributed by atoms with Crippen molar-refractivity contribution in [2.75, 3.05) is 0 Å². The van der Waals surface area contributed by atoms with Crippen molar-refractivity contribution in [3.8, 4) is 61.8 Å². The van der Waals surface area contributed by atoms with Crippen LogP contribution in [-0.2, 0) is 31.9 Å². The van der Waals surface area contributed by atoms with Gasteiger partial charge in [-0.15, -0.1) is 54.1 Å². The van der Waals surface area contributed by atoms with Gasteiger partial charge in [-0.05, 0) is 89.5 Å². The Kier molecular flexibility index (Phi) is 15.0. The molecule has 11 aromatic rings. The van der Waals surface area contributed by atoms with Crippen LogP contribution in [-0.4, -0.2) is 32.6 Å². The molecule has 6 aromatic carbocycles.